The fourth-order valence-electron chi connectivity index (χ4n) is 1.81. The summed E-state index contributed by atoms with van der Waals surface area (Å²) < 4.78 is 16.8. The van der Waals surface area contributed by atoms with Crippen molar-refractivity contribution in [3.05, 3.63) is 54.4 Å². The first-order valence-corrected chi connectivity index (χ1v) is 7.39. The molecule has 1 aliphatic rings. The lowest BCUT2D eigenvalue weighted by Crippen LogP contribution is -2.09. The third-order valence-corrected chi connectivity index (χ3v) is 4.34. The average Bonchev–Trinajstić information content (AvgIpc) is 2.39. The van der Waals surface area contributed by atoms with Crippen LogP contribution in [0.4, 0.5) is 5.69 Å². The Balaban J connectivity index is 2.25. The number of nitrogens with zero attached hydrogens (tertiary/aromatic N) is 3. The molecule has 0 aliphatic carbocycles. The van der Waals surface area contributed by atoms with E-state index >= 15 is 0 Å². The van der Waals surface area contributed by atoms with Crippen LogP contribution in [0.5, 0.6) is 0 Å². The summed E-state index contributed by atoms with van der Waals surface area (Å²) in [4.78, 5) is 9.03. The molecule has 0 saturated carbocycles. The molecule has 2 aromatic rings. The molecule has 4 nitrogen and oxygen atoms in total. The molecule has 0 fully saturated rings. The van der Waals surface area contributed by atoms with Crippen LogP contribution in [0.25, 0.3) is 0 Å². The lowest BCUT2D eigenvalue weighted by atomic mass is 10.2. The van der Waals surface area contributed by atoms with Crippen LogP contribution in [0.15, 0.2) is 63.0 Å². The van der Waals surface area contributed by atoms with Gasteiger partial charge in [0.2, 0.25) is 0 Å². The Kier molecular flexibility index (Phi) is 2.48. The molecule has 5 heteroatoms. The molecule has 1 aromatic heterocycles. The highest BCUT2D eigenvalue weighted by Crippen LogP contribution is 2.29. The summed E-state index contributed by atoms with van der Waals surface area (Å²) in [6, 6.07) is 11.3. The normalized spacial score (nSPS) is 21.7. The number of aliphatic imine (C=N–C) groups is 1. The van der Waals surface area contributed by atoms with Crippen molar-refractivity contribution in [2.45, 2.75) is 4.90 Å². The second-order valence-electron chi connectivity index (χ2n) is 4.04. The number of fused-ring (bicyclic) bond motifs is 1. The zero-order valence-corrected chi connectivity index (χ0v) is 10.6. The smallest absolute Gasteiger partial charge is 0.169 e. The van der Waals surface area contributed by atoms with Crippen LogP contribution in [0.3, 0.4) is 0 Å². The van der Waals surface area contributed by atoms with Crippen LogP contribution in [0, 0.1) is 0 Å². The third-order valence-electron chi connectivity index (χ3n) is 2.69. The van der Waals surface area contributed by atoms with Crippen molar-refractivity contribution in [3.63, 3.8) is 0 Å². The summed E-state index contributed by atoms with van der Waals surface area (Å²) in [6.45, 7) is 0. The van der Waals surface area contributed by atoms with Crippen LogP contribution < -0.4 is 0 Å². The fraction of sp³-hybridized carbons (Fsp3) is 0.0769. The van der Waals surface area contributed by atoms with Gasteiger partial charge in [-0.2, -0.15) is 4.36 Å². The van der Waals surface area contributed by atoms with Crippen molar-refractivity contribution in [2.24, 2.45) is 9.36 Å². The number of aromatic nitrogens is 1. The lowest BCUT2D eigenvalue weighted by Gasteiger charge is -2.14. The van der Waals surface area contributed by atoms with E-state index in [-0.39, 0.29) is 0 Å². The Labute approximate surface area is 106 Å². The molecular weight excluding hydrogens is 246 g/mol. The molecule has 0 spiro atoms. The monoisotopic (exact) mass is 257 g/mol. The molecule has 1 atom stereocenters. The fourth-order valence-corrected chi connectivity index (χ4v) is 3.14. The molecule has 1 aliphatic heterocycles. The van der Waals surface area contributed by atoms with Crippen LogP contribution in [0.2, 0.25) is 0 Å². The van der Waals surface area contributed by atoms with Crippen LogP contribution in [0.1, 0.15) is 5.56 Å². The first-order chi connectivity index (χ1) is 8.67. The van der Waals surface area contributed by atoms with E-state index in [1.165, 1.54) is 0 Å². The number of hydrogen-bond donors (Lipinski definition) is 0. The highest BCUT2D eigenvalue weighted by Gasteiger charge is 2.19. The minimum Gasteiger partial charge on any atom is -0.263 e. The molecule has 0 saturated heterocycles. The number of rotatable bonds is 1. The molecule has 0 N–H and O–H groups in total. The maximum absolute atomic E-state index is 12.5. The maximum atomic E-state index is 12.5. The predicted molar refractivity (Wildman–Crippen MR) is 71.6 cm³/mol. The zero-order chi connectivity index (χ0) is 12.6. The van der Waals surface area contributed by atoms with Crippen LogP contribution >= 0.6 is 0 Å². The van der Waals surface area contributed by atoms with E-state index in [9.17, 15) is 4.21 Å². The topological polar surface area (TPSA) is 54.7 Å². The van der Waals surface area contributed by atoms with E-state index in [1.54, 1.807) is 24.7 Å². The van der Waals surface area contributed by atoms with Gasteiger partial charge in [-0.25, -0.2) is 9.20 Å². The van der Waals surface area contributed by atoms with Gasteiger partial charge in [0.05, 0.1) is 20.3 Å². The molecule has 0 bridgehead atoms. The Morgan fingerprint density at radius 1 is 1.11 bits per heavy atom. The molecule has 0 amide bonds. The Morgan fingerprint density at radius 3 is 2.67 bits per heavy atom. The summed E-state index contributed by atoms with van der Waals surface area (Å²) in [5.41, 5.74) is 1.56. The summed E-state index contributed by atoms with van der Waals surface area (Å²) in [6.07, 6.45) is 4.84. The average molecular weight is 257 g/mol. The minimum absolute atomic E-state index is 0.516. The van der Waals surface area contributed by atoms with Gasteiger partial charge in [-0.15, -0.1) is 0 Å². The van der Waals surface area contributed by atoms with E-state index in [0.717, 1.165) is 5.56 Å². The van der Waals surface area contributed by atoms with Crippen molar-refractivity contribution in [1.82, 2.24) is 4.98 Å². The quantitative estimate of drug-likeness (QED) is 0.788. The lowest BCUT2D eigenvalue weighted by molar-refractivity contribution is 0.680. The molecule has 18 heavy (non-hydrogen) atoms. The van der Waals surface area contributed by atoms with Gasteiger partial charge < -0.3 is 0 Å². The largest absolute Gasteiger partial charge is 0.263 e. The van der Waals surface area contributed by atoms with Crippen molar-refractivity contribution in [1.29, 1.82) is 0 Å². The van der Waals surface area contributed by atoms with Crippen molar-refractivity contribution in [2.75, 3.05) is 6.26 Å². The summed E-state index contributed by atoms with van der Waals surface area (Å²) in [7, 11) is -2.46. The van der Waals surface area contributed by atoms with Gasteiger partial charge in [-0.3, -0.25) is 4.98 Å². The number of benzene rings is 1. The highest BCUT2D eigenvalue weighted by atomic mass is 32.2. The van der Waals surface area contributed by atoms with E-state index in [2.05, 4.69) is 14.3 Å². The van der Waals surface area contributed by atoms with Crippen molar-refractivity contribution in [3.8, 4) is 0 Å². The Hall–Kier alpha value is -2.01. The minimum atomic E-state index is -2.46. The highest BCUT2D eigenvalue weighted by molar-refractivity contribution is 7.93. The van der Waals surface area contributed by atoms with Gasteiger partial charge in [-0.05, 0) is 6.07 Å². The molecule has 0 radical (unpaired) electrons. The van der Waals surface area contributed by atoms with E-state index in [4.69, 9.17) is 0 Å². The molecular formula is C13H11N3OS. The molecule has 90 valence electrons. The summed E-state index contributed by atoms with van der Waals surface area (Å²) in [5.74, 6) is 0.516. The zero-order valence-electron chi connectivity index (χ0n) is 9.78. The van der Waals surface area contributed by atoms with E-state index < -0.39 is 9.73 Å². The van der Waals surface area contributed by atoms with Gasteiger partial charge in [0.15, 0.2) is 5.84 Å². The standard InChI is InChI=1S/C13H11N3OS/c1-18(17)12-9-14-8-7-11(12)15-13(16-18)10-5-3-2-4-6-10/h2-9H,1H3. The van der Waals surface area contributed by atoms with Gasteiger partial charge in [0.25, 0.3) is 0 Å². The first kappa shape index (κ1) is 11.1. The molecule has 1 unspecified atom stereocenters. The van der Waals surface area contributed by atoms with Crippen molar-refractivity contribution >= 4 is 21.3 Å². The SMILES string of the molecule is CS1(=O)=NC(c2ccccc2)=Nc2ccncc21. The maximum Gasteiger partial charge on any atom is 0.169 e. The number of pyridine rings is 1. The molecule has 1 aromatic carbocycles. The summed E-state index contributed by atoms with van der Waals surface area (Å²) >= 11 is 0. The number of amidine groups is 1. The first-order valence-electron chi connectivity index (χ1n) is 5.47. The van der Waals surface area contributed by atoms with E-state index in [1.807, 2.05) is 30.3 Å². The Morgan fingerprint density at radius 2 is 1.89 bits per heavy atom. The van der Waals surface area contributed by atoms with Crippen LogP contribution in [-0.4, -0.2) is 21.3 Å². The molecule has 3 rings (SSSR count). The summed E-state index contributed by atoms with van der Waals surface area (Å²) in [5, 5.41) is 0. The van der Waals surface area contributed by atoms with Crippen molar-refractivity contribution < 1.29 is 4.21 Å². The Bertz CT molecular complexity index is 744. The van der Waals surface area contributed by atoms with Gasteiger partial charge >= 0.3 is 0 Å². The predicted octanol–water partition coefficient (Wildman–Crippen LogP) is 2.63. The van der Waals surface area contributed by atoms with Crippen LogP contribution in [-0.2, 0) is 9.73 Å². The molecule has 2 heterocycles. The van der Waals surface area contributed by atoms with Gasteiger partial charge in [0, 0.05) is 24.2 Å². The second kappa shape index (κ2) is 4.03. The van der Waals surface area contributed by atoms with E-state index in [0.29, 0.717) is 16.4 Å². The second-order valence-corrected chi connectivity index (χ2v) is 6.27. The van der Waals surface area contributed by atoms with Gasteiger partial charge in [0.1, 0.15) is 0 Å². The third kappa shape index (κ3) is 1.82. The van der Waals surface area contributed by atoms with Gasteiger partial charge in [-0.1, -0.05) is 30.3 Å². The number of hydrogen-bond acceptors (Lipinski definition) is 4.